The number of benzene rings is 1. The number of hydrogen-bond acceptors (Lipinski definition) is 6. The molecule has 0 saturated carbocycles. The summed E-state index contributed by atoms with van der Waals surface area (Å²) in [6, 6.07) is 6.39. The highest BCUT2D eigenvalue weighted by atomic mass is 32.1. The van der Waals surface area contributed by atoms with E-state index in [9.17, 15) is 0 Å². The van der Waals surface area contributed by atoms with Crippen LogP contribution in [0, 0.1) is 13.8 Å². The van der Waals surface area contributed by atoms with Crippen LogP contribution >= 0.6 is 11.3 Å². The summed E-state index contributed by atoms with van der Waals surface area (Å²) in [5.74, 6) is 0. The third-order valence-corrected chi connectivity index (χ3v) is 4.48. The summed E-state index contributed by atoms with van der Waals surface area (Å²) >= 11 is 1.67. The van der Waals surface area contributed by atoms with Crippen molar-refractivity contribution in [2.75, 3.05) is 5.32 Å². The molecule has 0 aliphatic heterocycles. The fourth-order valence-corrected chi connectivity index (χ4v) is 3.07. The van der Waals surface area contributed by atoms with E-state index in [2.05, 4.69) is 50.9 Å². The van der Waals surface area contributed by atoms with Crippen LogP contribution in [0.15, 0.2) is 30.0 Å². The molecule has 1 atom stereocenters. The molecule has 3 rings (SSSR count). The Morgan fingerprint density at radius 3 is 2.81 bits per heavy atom. The summed E-state index contributed by atoms with van der Waals surface area (Å²) in [6.07, 6.45) is 1.60. The van der Waals surface area contributed by atoms with E-state index in [0.29, 0.717) is 0 Å². The summed E-state index contributed by atoms with van der Waals surface area (Å²) in [4.78, 5) is 5.55. The van der Waals surface area contributed by atoms with Gasteiger partial charge in [-0.05, 0) is 48.9 Å². The Hall–Kier alpha value is -2.28. The van der Waals surface area contributed by atoms with E-state index in [1.807, 2.05) is 19.4 Å². The van der Waals surface area contributed by atoms with E-state index in [1.165, 1.54) is 4.88 Å². The fourth-order valence-electron chi connectivity index (χ4n) is 2.26. The molecule has 2 heterocycles. The Morgan fingerprint density at radius 1 is 1.29 bits per heavy atom. The molecular weight excluding hydrogens is 284 g/mol. The van der Waals surface area contributed by atoms with Crippen molar-refractivity contribution >= 4 is 17.0 Å². The highest BCUT2D eigenvalue weighted by molar-refractivity contribution is 7.09. The van der Waals surface area contributed by atoms with Crippen LogP contribution in [0.5, 0.6) is 0 Å². The van der Waals surface area contributed by atoms with Crippen molar-refractivity contribution in [3.8, 4) is 5.69 Å². The molecule has 21 heavy (non-hydrogen) atoms. The summed E-state index contributed by atoms with van der Waals surface area (Å²) in [5.41, 5.74) is 6.08. The largest absolute Gasteiger partial charge is 0.378 e. The Balaban J connectivity index is 1.87. The van der Waals surface area contributed by atoms with Gasteiger partial charge in [0.2, 0.25) is 0 Å². The van der Waals surface area contributed by atoms with Gasteiger partial charge >= 0.3 is 0 Å². The van der Waals surface area contributed by atoms with E-state index in [-0.39, 0.29) is 6.04 Å². The minimum Gasteiger partial charge on any atom is -0.378 e. The second kappa shape index (κ2) is 5.61. The van der Waals surface area contributed by atoms with Gasteiger partial charge in [0.25, 0.3) is 0 Å². The Morgan fingerprint density at radius 2 is 2.14 bits per heavy atom. The van der Waals surface area contributed by atoms with Gasteiger partial charge in [-0.2, -0.15) is 0 Å². The van der Waals surface area contributed by atoms with Crippen LogP contribution in [0.3, 0.4) is 0 Å². The van der Waals surface area contributed by atoms with Crippen molar-refractivity contribution in [1.82, 2.24) is 25.2 Å². The number of rotatable bonds is 4. The standard InChI is InChI=1S/C14H16N6S/c1-9-4-5-12(6-13(9)20-7-16-18-19-20)17-11(3)14-10(2)15-8-21-14/h4-8,11,17H,1-3H3. The SMILES string of the molecule is Cc1ccc(NC(C)c2scnc2C)cc1-n1cnnn1. The summed E-state index contributed by atoms with van der Waals surface area (Å²) in [7, 11) is 0. The molecule has 0 spiro atoms. The number of nitrogens with one attached hydrogen (secondary N) is 1. The molecule has 0 saturated heterocycles. The molecule has 7 heteroatoms. The maximum Gasteiger partial charge on any atom is 0.143 e. The number of aromatic nitrogens is 5. The third-order valence-electron chi connectivity index (χ3n) is 3.36. The maximum absolute atomic E-state index is 4.30. The van der Waals surface area contributed by atoms with Crippen molar-refractivity contribution in [1.29, 1.82) is 0 Å². The highest BCUT2D eigenvalue weighted by Crippen LogP contribution is 2.26. The predicted octanol–water partition coefficient (Wildman–Crippen LogP) is 2.91. The molecule has 6 nitrogen and oxygen atoms in total. The molecule has 1 N–H and O–H groups in total. The lowest BCUT2D eigenvalue weighted by molar-refractivity contribution is 0.785. The smallest absolute Gasteiger partial charge is 0.143 e. The van der Waals surface area contributed by atoms with Gasteiger partial charge in [0.1, 0.15) is 6.33 Å². The molecule has 0 radical (unpaired) electrons. The number of aryl methyl sites for hydroxylation is 2. The van der Waals surface area contributed by atoms with Crippen molar-refractivity contribution in [2.45, 2.75) is 26.8 Å². The number of nitrogens with zero attached hydrogens (tertiary/aromatic N) is 5. The van der Waals surface area contributed by atoms with E-state index in [1.54, 1.807) is 22.3 Å². The molecule has 0 bridgehead atoms. The molecule has 1 aromatic carbocycles. The molecule has 0 amide bonds. The van der Waals surface area contributed by atoms with Crippen molar-refractivity contribution in [3.63, 3.8) is 0 Å². The molecular formula is C14H16N6S. The Labute approximate surface area is 126 Å². The average Bonchev–Trinajstić information content (AvgIpc) is 3.12. The zero-order valence-corrected chi connectivity index (χ0v) is 12.9. The zero-order chi connectivity index (χ0) is 14.8. The van der Waals surface area contributed by atoms with Crippen molar-refractivity contribution < 1.29 is 0 Å². The lowest BCUT2D eigenvalue weighted by Crippen LogP contribution is -2.07. The van der Waals surface area contributed by atoms with Crippen LogP contribution in [0.25, 0.3) is 5.69 Å². The summed E-state index contributed by atoms with van der Waals surface area (Å²) in [6.45, 7) is 6.21. The molecule has 0 fully saturated rings. The van der Waals surface area contributed by atoms with E-state index in [4.69, 9.17) is 0 Å². The van der Waals surface area contributed by atoms with Crippen molar-refractivity contribution in [3.05, 3.63) is 46.2 Å². The first kappa shape index (κ1) is 13.7. The predicted molar refractivity (Wildman–Crippen MR) is 82.8 cm³/mol. The molecule has 2 aromatic heterocycles. The topological polar surface area (TPSA) is 68.5 Å². The highest BCUT2D eigenvalue weighted by Gasteiger charge is 2.12. The lowest BCUT2D eigenvalue weighted by Gasteiger charge is -2.16. The number of anilines is 1. The summed E-state index contributed by atoms with van der Waals surface area (Å²) in [5, 5.41) is 14.8. The van der Waals surface area contributed by atoms with Gasteiger partial charge in [-0.3, -0.25) is 0 Å². The minimum absolute atomic E-state index is 0.210. The van der Waals surface area contributed by atoms with Crippen LogP contribution in [0.4, 0.5) is 5.69 Å². The number of hydrogen-bond donors (Lipinski definition) is 1. The molecule has 3 aromatic rings. The monoisotopic (exact) mass is 300 g/mol. The van der Waals surface area contributed by atoms with Gasteiger partial charge in [-0.25, -0.2) is 9.67 Å². The summed E-state index contributed by atoms with van der Waals surface area (Å²) < 4.78 is 1.67. The first-order valence-electron chi connectivity index (χ1n) is 6.65. The normalized spacial score (nSPS) is 12.3. The van der Waals surface area contributed by atoms with Gasteiger partial charge < -0.3 is 5.32 Å². The molecule has 1 unspecified atom stereocenters. The van der Waals surface area contributed by atoms with Crippen LogP contribution < -0.4 is 5.32 Å². The van der Waals surface area contributed by atoms with Gasteiger partial charge in [0, 0.05) is 10.6 Å². The number of thiazole rings is 1. The zero-order valence-electron chi connectivity index (χ0n) is 12.1. The van der Waals surface area contributed by atoms with E-state index < -0.39 is 0 Å². The molecule has 108 valence electrons. The van der Waals surface area contributed by atoms with Gasteiger partial charge in [0.15, 0.2) is 0 Å². The van der Waals surface area contributed by atoms with Crippen LogP contribution in [0.2, 0.25) is 0 Å². The first-order valence-corrected chi connectivity index (χ1v) is 7.53. The maximum atomic E-state index is 4.30. The average molecular weight is 300 g/mol. The van der Waals surface area contributed by atoms with Gasteiger partial charge in [-0.1, -0.05) is 6.07 Å². The second-order valence-electron chi connectivity index (χ2n) is 4.92. The van der Waals surface area contributed by atoms with E-state index in [0.717, 1.165) is 22.6 Å². The minimum atomic E-state index is 0.210. The third kappa shape index (κ3) is 2.78. The molecule has 0 aliphatic rings. The van der Waals surface area contributed by atoms with Gasteiger partial charge in [0.05, 0.1) is 22.9 Å². The van der Waals surface area contributed by atoms with Crippen molar-refractivity contribution in [2.24, 2.45) is 0 Å². The van der Waals surface area contributed by atoms with Gasteiger partial charge in [-0.15, -0.1) is 16.4 Å². The fraction of sp³-hybridized carbons (Fsp3) is 0.286. The van der Waals surface area contributed by atoms with Crippen LogP contribution in [-0.4, -0.2) is 25.2 Å². The Kier molecular flexibility index (Phi) is 3.66. The van der Waals surface area contributed by atoms with Crippen LogP contribution in [0.1, 0.15) is 29.1 Å². The van der Waals surface area contributed by atoms with E-state index >= 15 is 0 Å². The quantitative estimate of drug-likeness (QED) is 0.802. The number of tetrazole rings is 1. The Bertz CT molecular complexity index is 734. The lowest BCUT2D eigenvalue weighted by atomic mass is 10.1. The van der Waals surface area contributed by atoms with Crippen LogP contribution in [-0.2, 0) is 0 Å². The molecule has 0 aliphatic carbocycles. The first-order chi connectivity index (χ1) is 10.1. The second-order valence-corrected chi connectivity index (χ2v) is 5.81.